The maximum Gasteiger partial charge on any atom is 0 e. The molecule has 0 fully saturated rings. The molecular formula is H2BrClCsPb. The summed E-state index contributed by atoms with van der Waals surface area (Å²) in [4.78, 5) is 0. The largest absolute Gasteiger partial charge is 0.147 e. The van der Waals surface area contributed by atoms with Crippen LogP contribution < -0.4 is 0 Å². The molecule has 0 aliphatic rings. The maximum absolute atomic E-state index is 0. The Labute approximate surface area is 122 Å². The number of hydrogen-bond acceptors (Lipinski definition) is 0. The summed E-state index contributed by atoms with van der Waals surface area (Å²) >= 11 is 0. The van der Waals surface area contributed by atoms with Crippen LogP contribution >= 0.6 is 29.4 Å². The third-order valence-electron chi connectivity index (χ3n) is 0. The summed E-state index contributed by atoms with van der Waals surface area (Å²) < 4.78 is 0. The Balaban J connectivity index is 0. The van der Waals surface area contributed by atoms with Crippen LogP contribution in [0.4, 0.5) is 0 Å². The predicted octanol–water partition coefficient (Wildman–Crippen LogP) is 0.238. The van der Waals surface area contributed by atoms with Gasteiger partial charge < -0.3 is 0 Å². The zero-order valence-electron chi connectivity index (χ0n) is 2.32. The van der Waals surface area contributed by atoms with Crippen LogP contribution in [0.3, 0.4) is 0 Å². The van der Waals surface area contributed by atoms with Crippen molar-refractivity contribution in [2.45, 2.75) is 0 Å². The fourth-order valence-electron chi connectivity index (χ4n) is 0. The van der Waals surface area contributed by atoms with Gasteiger partial charge in [-0.05, 0) is 0 Å². The molecule has 0 saturated heterocycles. The molecule has 0 saturated carbocycles. The van der Waals surface area contributed by atoms with Crippen LogP contribution in [0.2, 0.25) is 0 Å². The Hall–Kier alpha value is 3.74. The van der Waals surface area contributed by atoms with Crippen molar-refractivity contribution in [3.05, 3.63) is 0 Å². The topological polar surface area (TPSA) is 0 Å². The normalized spacial score (nSPS) is 0. The first-order chi connectivity index (χ1) is 0. The van der Waals surface area contributed by atoms with Gasteiger partial charge >= 0.3 is 0 Å². The Bertz CT molecular complexity index is 8.00. The number of halogens is 2. The molecule has 0 amide bonds. The van der Waals surface area contributed by atoms with Crippen LogP contribution in [0.15, 0.2) is 0 Å². The van der Waals surface area contributed by atoms with Crippen LogP contribution in [0.1, 0.15) is 0 Å². The zero-order valence-corrected chi connectivity index (χ0v) is 15.0. The second kappa shape index (κ2) is 15.9. The van der Waals surface area contributed by atoms with Crippen LogP contribution in [0.25, 0.3) is 0 Å². The van der Waals surface area contributed by atoms with Crippen molar-refractivity contribution < 1.29 is 0 Å². The van der Waals surface area contributed by atoms with Crippen molar-refractivity contribution >= 4 is 126 Å². The van der Waals surface area contributed by atoms with Gasteiger partial charge in [-0.25, -0.2) is 0 Å². The standard InChI is InChI=1S/BrH.ClH.Cs.Pb/h2*1H;;. The van der Waals surface area contributed by atoms with E-state index in [1.807, 2.05) is 0 Å². The molecule has 0 aliphatic carbocycles. The van der Waals surface area contributed by atoms with Crippen molar-refractivity contribution in [1.82, 2.24) is 0 Å². The second-order valence-electron chi connectivity index (χ2n) is 0. The molecule has 0 aromatic carbocycles. The van der Waals surface area contributed by atoms with Gasteiger partial charge in [-0.3, -0.25) is 0 Å². The van der Waals surface area contributed by atoms with E-state index < -0.39 is 0 Å². The monoisotopic (exact) mass is 457 g/mol. The Morgan fingerprint density at radius 3 is 1.00 bits per heavy atom. The summed E-state index contributed by atoms with van der Waals surface area (Å²) in [5.74, 6) is 0. The Morgan fingerprint density at radius 2 is 1.00 bits per heavy atom. The van der Waals surface area contributed by atoms with E-state index in [0.29, 0.717) is 0 Å². The van der Waals surface area contributed by atoms with Gasteiger partial charge in [0.05, 0.1) is 0 Å². The predicted molar refractivity (Wildman–Crippen MR) is 29.1 cm³/mol. The van der Waals surface area contributed by atoms with E-state index in [4.69, 9.17) is 0 Å². The third kappa shape index (κ3) is 9.22. The van der Waals surface area contributed by atoms with Gasteiger partial charge in [0.25, 0.3) is 0 Å². The van der Waals surface area contributed by atoms with Crippen molar-refractivity contribution in [2.75, 3.05) is 0 Å². The van der Waals surface area contributed by atoms with Gasteiger partial charge in [-0.2, -0.15) is 0 Å². The van der Waals surface area contributed by atoms with E-state index in [-0.39, 0.29) is 126 Å². The summed E-state index contributed by atoms with van der Waals surface area (Å²) in [5, 5.41) is 0. The van der Waals surface area contributed by atoms with Gasteiger partial charge in [-0.1, -0.05) is 0 Å². The molecule has 0 spiro atoms. The summed E-state index contributed by atoms with van der Waals surface area (Å²) in [5.41, 5.74) is 0. The van der Waals surface area contributed by atoms with E-state index in [2.05, 4.69) is 0 Å². The minimum absolute atomic E-state index is 0. The molecule has 4 heteroatoms. The van der Waals surface area contributed by atoms with E-state index in [0.717, 1.165) is 0 Å². The fraction of sp³-hybridized carbons (Fsp3) is 0. The minimum Gasteiger partial charge on any atom is -0.147 e. The molecule has 0 aliphatic heterocycles. The molecule has 0 bridgehead atoms. The molecule has 0 heterocycles. The molecule has 5 radical (unpaired) electrons. The minimum atomic E-state index is 0. The summed E-state index contributed by atoms with van der Waals surface area (Å²) in [6.45, 7) is 0. The molecule has 0 rings (SSSR count). The first kappa shape index (κ1) is 25.1. The number of hydrogen-bond donors (Lipinski definition) is 0. The first-order valence-corrected chi connectivity index (χ1v) is 0. The van der Waals surface area contributed by atoms with E-state index in [9.17, 15) is 0 Å². The van der Waals surface area contributed by atoms with Crippen molar-refractivity contribution in [3.8, 4) is 0 Å². The van der Waals surface area contributed by atoms with Gasteiger partial charge in [0.15, 0.2) is 0 Å². The smallest absolute Gasteiger partial charge is 0 e. The molecule has 0 nitrogen and oxygen atoms in total. The number of rotatable bonds is 0. The molecule has 0 atom stereocenters. The Morgan fingerprint density at radius 1 is 1.00 bits per heavy atom. The maximum atomic E-state index is 0. The van der Waals surface area contributed by atoms with Crippen molar-refractivity contribution in [1.29, 1.82) is 0 Å². The molecule has 0 unspecified atom stereocenters. The average molecular weight is 457 g/mol. The van der Waals surface area contributed by atoms with Crippen molar-refractivity contribution in [3.63, 3.8) is 0 Å². The fourth-order valence-corrected chi connectivity index (χ4v) is 0. The van der Waals surface area contributed by atoms with Crippen molar-refractivity contribution in [2.24, 2.45) is 0 Å². The van der Waals surface area contributed by atoms with Gasteiger partial charge in [0.1, 0.15) is 0 Å². The summed E-state index contributed by atoms with van der Waals surface area (Å²) in [7, 11) is 0. The molecule has 21 valence electrons. The summed E-state index contributed by atoms with van der Waals surface area (Å²) in [6, 6.07) is 0. The van der Waals surface area contributed by atoms with Crippen LogP contribution in [0, 0.1) is 0 Å². The van der Waals surface area contributed by atoms with E-state index >= 15 is 0 Å². The Kier molecular flexibility index (Phi) is 99.7. The van der Waals surface area contributed by atoms with Gasteiger partial charge in [0.2, 0.25) is 0 Å². The molecule has 0 aromatic heterocycles. The van der Waals surface area contributed by atoms with E-state index in [1.54, 1.807) is 0 Å². The van der Waals surface area contributed by atoms with Crippen LogP contribution in [0.5, 0.6) is 0 Å². The van der Waals surface area contributed by atoms with Gasteiger partial charge in [0, 0.05) is 96.2 Å². The molecular weight excluding hydrogens is 455 g/mol. The van der Waals surface area contributed by atoms with Gasteiger partial charge in [-0.15, -0.1) is 29.4 Å². The SMILES string of the molecule is Br.Cl.[Cs].[Pb]. The second-order valence-corrected chi connectivity index (χ2v) is 0. The molecule has 4 heavy (non-hydrogen) atoms. The third-order valence-corrected chi connectivity index (χ3v) is 0. The molecule has 0 aromatic rings. The average Bonchev–Trinajstić information content (AvgIpc) is 0. The first-order valence-electron chi connectivity index (χ1n) is 0. The quantitative estimate of drug-likeness (QED) is 0.458. The zero-order chi connectivity index (χ0) is 0. The van der Waals surface area contributed by atoms with Crippen LogP contribution in [-0.2, 0) is 0 Å². The molecule has 0 N–H and O–H groups in total. The summed E-state index contributed by atoms with van der Waals surface area (Å²) in [6.07, 6.45) is 0. The van der Waals surface area contributed by atoms with E-state index in [1.165, 1.54) is 0 Å². The van der Waals surface area contributed by atoms with Crippen LogP contribution in [-0.4, -0.2) is 96.2 Å².